The fourth-order valence-corrected chi connectivity index (χ4v) is 5.27. The summed E-state index contributed by atoms with van der Waals surface area (Å²) in [5, 5.41) is 5.62. The maximum Gasteiger partial charge on any atom is 0.255 e. The molecule has 0 spiro atoms. The van der Waals surface area contributed by atoms with Crippen LogP contribution in [0.25, 0.3) is 0 Å². The molecule has 1 saturated heterocycles. The molecule has 4 rings (SSSR count). The Bertz CT molecular complexity index is 1330. The van der Waals surface area contributed by atoms with Gasteiger partial charge in [0.1, 0.15) is 0 Å². The first-order valence-electron chi connectivity index (χ1n) is 11.3. The number of anilines is 2. The Morgan fingerprint density at radius 3 is 2.17 bits per heavy atom. The molecule has 0 radical (unpaired) electrons. The number of aryl methyl sites for hydroxylation is 1. The zero-order valence-corrected chi connectivity index (χ0v) is 20.5. The SMILES string of the molecule is Cc1ccc(C(=O)Nc2cccc(S(=O)(=O)N3CCN(C)CC3)c2)cc1NC(=O)c1ccccc1. The van der Waals surface area contributed by atoms with Crippen molar-refractivity contribution in [2.45, 2.75) is 11.8 Å². The summed E-state index contributed by atoms with van der Waals surface area (Å²) in [7, 11) is -1.69. The van der Waals surface area contributed by atoms with E-state index in [1.807, 2.05) is 20.0 Å². The number of rotatable bonds is 6. The molecule has 3 aromatic carbocycles. The van der Waals surface area contributed by atoms with Gasteiger partial charge in [0, 0.05) is 48.7 Å². The average Bonchev–Trinajstić information content (AvgIpc) is 2.86. The molecular formula is C26H28N4O4S. The van der Waals surface area contributed by atoms with Gasteiger partial charge in [-0.05, 0) is 62.0 Å². The van der Waals surface area contributed by atoms with E-state index in [-0.39, 0.29) is 10.8 Å². The molecule has 0 aliphatic carbocycles. The van der Waals surface area contributed by atoms with Crippen molar-refractivity contribution >= 4 is 33.2 Å². The number of amides is 2. The third-order valence-corrected chi connectivity index (χ3v) is 7.87. The Kier molecular flexibility index (Phi) is 7.30. The van der Waals surface area contributed by atoms with Crippen LogP contribution in [0.4, 0.5) is 11.4 Å². The highest BCUT2D eigenvalue weighted by Crippen LogP contribution is 2.23. The number of benzene rings is 3. The van der Waals surface area contributed by atoms with Crippen LogP contribution in [0.2, 0.25) is 0 Å². The van der Waals surface area contributed by atoms with Gasteiger partial charge in [-0.25, -0.2) is 8.42 Å². The van der Waals surface area contributed by atoms with Gasteiger partial charge in [0.25, 0.3) is 11.8 Å². The van der Waals surface area contributed by atoms with Gasteiger partial charge < -0.3 is 15.5 Å². The van der Waals surface area contributed by atoms with Gasteiger partial charge in [0.05, 0.1) is 4.90 Å². The van der Waals surface area contributed by atoms with Crippen molar-refractivity contribution in [3.63, 3.8) is 0 Å². The van der Waals surface area contributed by atoms with E-state index in [2.05, 4.69) is 15.5 Å². The molecule has 8 nitrogen and oxygen atoms in total. The van der Waals surface area contributed by atoms with Crippen LogP contribution in [-0.4, -0.2) is 62.7 Å². The van der Waals surface area contributed by atoms with Crippen molar-refractivity contribution < 1.29 is 18.0 Å². The van der Waals surface area contributed by atoms with Crippen molar-refractivity contribution in [1.82, 2.24) is 9.21 Å². The molecule has 0 unspecified atom stereocenters. The molecule has 35 heavy (non-hydrogen) atoms. The Hall–Kier alpha value is -3.53. The molecule has 0 bridgehead atoms. The van der Waals surface area contributed by atoms with Gasteiger partial charge in [-0.15, -0.1) is 0 Å². The minimum absolute atomic E-state index is 0.138. The number of hydrogen-bond donors (Lipinski definition) is 2. The molecule has 2 N–H and O–H groups in total. The van der Waals surface area contributed by atoms with Crippen molar-refractivity contribution in [2.24, 2.45) is 0 Å². The maximum atomic E-state index is 13.1. The van der Waals surface area contributed by atoms with Crippen molar-refractivity contribution in [3.8, 4) is 0 Å². The number of carbonyl (C=O) groups excluding carboxylic acids is 2. The minimum Gasteiger partial charge on any atom is -0.322 e. The molecule has 1 fully saturated rings. The van der Waals surface area contributed by atoms with E-state index >= 15 is 0 Å². The predicted molar refractivity (Wildman–Crippen MR) is 136 cm³/mol. The number of sulfonamides is 1. The molecule has 3 aromatic rings. The summed E-state index contributed by atoms with van der Waals surface area (Å²) in [6, 6.07) is 20.1. The maximum absolute atomic E-state index is 13.1. The summed E-state index contributed by atoms with van der Waals surface area (Å²) in [6.45, 7) is 4.04. The highest BCUT2D eigenvalue weighted by molar-refractivity contribution is 7.89. The number of hydrogen-bond acceptors (Lipinski definition) is 5. The average molecular weight is 493 g/mol. The van der Waals surface area contributed by atoms with Gasteiger partial charge in [-0.3, -0.25) is 9.59 Å². The zero-order chi connectivity index (χ0) is 25.0. The lowest BCUT2D eigenvalue weighted by Gasteiger charge is -2.31. The second-order valence-corrected chi connectivity index (χ2v) is 10.5. The molecule has 182 valence electrons. The highest BCUT2D eigenvalue weighted by Gasteiger charge is 2.27. The first kappa shape index (κ1) is 24.6. The summed E-state index contributed by atoms with van der Waals surface area (Å²) in [6.07, 6.45) is 0. The third-order valence-electron chi connectivity index (χ3n) is 5.98. The smallest absolute Gasteiger partial charge is 0.255 e. The Balaban J connectivity index is 1.49. The van der Waals surface area contributed by atoms with Crippen LogP contribution >= 0.6 is 0 Å². The lowest BCUT2D eigenvalue weighted by atomic mass is 10.1. The number of nitrogens with zero attached hydrogens (tertiary/aromatic N) is 2. The van der Waals surface area contributed by atoms with Gasteiger partial charge in [-0.2, -0.15) is 4.31 Å². The van der Waals surface area contributed by atoms with E-state index in [1.165, 1.54) is 16.4 Å². The topological polar surface area (TPSA) is 98.8 Å². The molecule has 2 amide bonds. The van der Waals surface area contributed by atoms with E-state index in [1.54, 1.807) is 54.6 Å². The largest absolute Gasteiger partial charge is 0.322 e. The second-order valence-electron chi connectivity index (χ2n) is 8.54. The van der Waals surface area contributed by atoms with Crippen LogP contribution in [0.3, 0.4) is 0 Å². The fourth-order valence-electron chi connectivity index (χ4n) is 3.80. The Morgan fingerprint density at radius 2 is 1.46 bits per heavy atom. The second kappa shape index (κ2) is 10.4. The predicted octanol–water partition coefficient (Wildman–Crippen LogP) is 3.44. The highest BCUT2D eigenvalue weighted by atomic mass is 32.2. The van der Waals surface area contributed by atoms with Crippen molar-refractivity contribution in [1.29, 1.82) is 0 Å². The molecule has 0 atom stereocenters. The minimum atomic E-state index is -3.65. The van der Waals surface area contributed by atoms with Crippen LogP contribution in [0.15, 0.2) is 77.7 Å². The van der Waals surface area contributed by atoms with E-state index in [9.17, 15) is 18.0 Å². The normalized spacial score (nSPS) is 14.9. The molecule has 0 aromatic heterocycles. The molecule has 0 saturated carbocycles. The first-order valence-corrected chi connectivity index (χ1v) is 12.8. The molecule has 1 aliphatic rings. The first-order chi connectivity index (χ1) is 16.7. The van der Waals surface area contributed by atoms with Gasteiger partial charge in [0.2, 0.25) is 10.0 Å². The third kappa shape index (κ3) is 5.76. The van der Waals surface area contributed by atoms with Crippen LogP contribution < -0.4 is 10.6 Å². The lowest BCUT2D eigenvalue weighted by molar-refractivity contribution is 0.101. The molecular weight excluding hydrogens is 464 g/mol. The van der Waals surface area contributed by atoms with Crippen molar-refractivity contribution in [3.05, 3.63) is 89.5 Å². The van der Waals surface area contributed by atoms with Crippen LogP contribution in [0.5, 0.6) is 0 Å². The quantitative estimate of drug-likeness (QED) is 0.549. The fraction of sp³-hybridized carbons (Fsp3) is 0.231. The summed E-state index contributed by atoms with van der Waals surface area (Å²) in [5.41, 5.74) is 2.57. The summed E-state index contributed by atoms with van der Waals surface area (Å²) in [4.78, 5) is 27.7. The molecule has 1 heterocycles. The van der Waals surface area contributed by atoms with Gasteiger partial charge in [0.15, 0.2) is 0 Å². The zero-order valence-electron chi connectivity index (χ0n) is 19.7. The summed E-state index contributed by atoms with van der Waals surface area (Å²) in [5.74, 6) is -0.678. The Labute approximate surface area is 205 Å². The molecule has 9 heteroatoms. The standard InChI is InChI=1S/C26H28N4O4S/c1-19-11-12-21(17-24(19)28-25(31)20-7-4-3-5-8-20)26(32)27-22-9-6-10-23(18-22)35(33,34)30-15-13-29(2)14-16-30/h3-12,17-18H,13-16H2,1-2H3,(H,27,32)(H,28,31). The lowest BCUT2D eigenvalue weighted by Crippen LogP contribution is -2.47. The Morgan fingerprint density at radius 1 is 0.771 bits per heavy atom. The van der Waals surface area contributed by atoms with Crippen LogP contribution in [0.1, 0.15) is 26.3 Å². The van der Waals surface area contributed by atoms with Crippen molar-refractivity contribution in [2.75, 3.05) is 43.9 Å². The van der Waals surface area contributed by atoms with Gasteiger partial charge in [-0.1, -0.05) is 30.3 Å². The number of nitrogens with one attached hydrogen (secondary N) is 2. The van der Waals surface area contributed by atoms with E-state index < -0.39 is 15.9 Å². The van der Waals surface area contributed by atoms with Gasteiger partial charge >= 0.3 is 0 Å². The van der Waals surface area contributed by atoms with Crippen LogP contribution in [0, 0.1) is 6.92 Å². The van der Waals surface area contributed by atoms with E-state index in [4.69, 9.17) is 0 Å². The van der Waals surface area contributed by atoms with E-state index in [0.717, 1.165) is 5.56 Å². The number of carbonyl (C=O) groups is 2. The number of piperazine rings is 1. The summed E-state index contributed by atoms with van der Waals surface area (Å²) < 4.78 is 27.6. The summed E-state index contributed by atoms with van der Waals surface area (Å²) >= 11 is 0. The monoisotopic (exact) mass is 492 g/mol. The number of likely N-dealkylation sites (N-methyl/N-ethyl adjacent to an activating group) is 1. The molecule has 1 aliphatic heterocycles. The van der Waals surface area contributed by atoms with E-state index in [0.29, 0.717) is 48.7 Å². The van der Waals surface area contributed by atoms with Crippen LogP contribution in [-0.2, 0) is 10.0 Å².